The number of esters is 1. The van der Waals surface area contributed by atoms with Crippen molar-refractivity contribution >= 4 is 55.2 Å². The monoisotopic (exact) mass is 499 g/mol. The van der Waals surface area contributed by atoms with Crippen LogP contribution in [0.4, 0.5) is 13.2 Å². The average molecular weight is 501 g/mol. The molecule has 1 amide bonds. The fourth-order valence-electron chi connectivity index (χ4n) is 2.09. The first-order valence-electron chi connectivity index (χ1n) is 6.85. The standard InChI is InChI=1S/C14H10Br2F3N3O4/c1-26-12(24)8(21-13(25)14(17,18)19)3-10(23)9-4-20-11-7(16)2-6(15)5-22(9)11/h2,4-5,8H,3H2,1H3,(H,21,25). The fourth-order valence-corrected chi connectivity index (χ4v) is 3.37. The minimum Gasteiger partial charge on any atom is -0.467 e. The third-order valence-corrected chi connectivity index (χ3v) is 4.27. The quantitative estimate of drug-likeness (QED) is 0.503. The fraction of sp³-hybridized carbons (Fsp3) is 0.286. The van der Waals surface area contributed by atoms with Crippen molar-refractivity contribution in [3.05, 3.63) is 33.1 Å². The highest BCUT2D eigenvalue weighted by molar-refractivity contribution is 9.11. The maximum atomic E-state index is 12.5. The molecule has 1 unspecified atom stereocenters. The Morgan fingerprint density at radius 3 is 2.58 bits per heavy atom. The number of nitrogens with one attached hydrogen (secondary N) is 1. The Hall–Kier alpha value is -1.95. The highest BCUT2D eigenvalue weighted by Crippen LogP contribution is 2.24. The zero-order chi connectivity index (χ0) is 19.6. The van der Waals surface area contributed by atoms with E-state index in [1.807, 2.05) is 0 Å². The number of fused-ring (bicyclic) bond motifs is 1. The highest BCUT2D eigenvalue weighted by Gasteiger charge is 2.41. The van der Waals surface area contributed by atoms with Crippen LogP contribution >= 0.6 is 31.9 Å². The van der Waals surface area contributed by atoms with Crippen molar-refractivity contribution in [3.8, 4) is 0 Å². The van der Waals surface area contributed by atoms with E-state index in [0.717, 1.165) is 7.11 Å². The van der Waals surface area contributed by atoms with E-state index in [1.165, 1.54) is 22.1 Å². The van der Waals surface area contributed by atoms with Crippen LogP contribution in [0.1, 0.15) is 16.9 Å². The van der Waals surface area contributed by atoms with Gasteiger partial charge in [-0.25, -0.2) is 9.78 Å². The van der Waals surface area contributed by atoms with E-state index in [4.69, 9.17) is 0 Å². The van der Waals surface area contributed by atoms with Crippen LogP contribution < -0.4 is 5.32 Å². The van der Waals surface area contributed by atoms with Gasteiger partial charge in [-0.15, -0.1) is 0 Å². The summed E-state index contributed by atoms with van der Waals surface area (Å²) in [5.74, 6) is -4.23. The van der Waals surface area contributed by atoms with Gasteiger partial charge in [0, 0.05) is 17.1 Å². The summed E-state index contributed by atoms with van der Waals surface area (Å²) in [6.07, 6.45) is -3.18. The Morgan fingerprint density at radius 2 is 2.00 bits per heavy atom. The van der Waals surface area contributed by atoms with Gasteiger partial charge in [0.25, 0.3) is 0 Å². The summed E-state index contributed by atoms with van der Waals surface area (Å²) in [6.45, 7) is 0. The number of ether oxygens (including phenoxy) is 1. The maximum Gasteiger partial charge on any atom is 0.471 e. The lowest BCUT2D eigenvalue weighted by Gasteiger charge is -2.16. The Morgan fingerprint density at radius 1 is 1.35 bits per heavy atom. The van der Waals surface area contributed by atoms with Crippen LogP contribution in [0.3, 0.4) is 0 Å². The number of hydrogen-bond acceptors (Lipinski definition) is 5. The third-order valence-electron chi connectivity index (χ3n) is 3.25. The molecule has 0 fully saturated rings. The van der Waals surface area contributed by atoms with Gasteiger partial charge in [0.05, 0.1) is 17.8 Å². The molecule has 140 valence electrons. The normalized spacial score (nSPS) is 12.7. The topological polar surface area (TPSA) is 89.8 Å². The number of rotatable bonds is 5. The number of halogens is 5. The van der Waals surface area contributed by atoms with Gasteiger partial charge >= 0.3 is 18.1 Å². The van der Waals surface area contributed by atoms with Crippen LogP contribution in [0.2, 0.25) is 0 Å². The molecule has 0 aromatic carbocycles. The highest BCUT2D eigenvalue weighted by atomic mass is 79.9. The third kappa shape index (κ3) is 4.41. The molecule has 2 heterocycles. The van der Waals surface area contributed by atoms with Gasteiger partial charge in [0.2, 0.25) is 0 Å². The van der Waals surface area contributed by atoms with Crippen LogP contribution in [-0.2, 0) is 14.3 Å². The number of Topliss-reactive ketones (excluding diaryl/α,β-unsaturated/α-hetero) is 1. The minimum atomic E-state index is -5.20. The summed E-state index contributed by atoms with van der Waals surface area (Å²) in [5, 5.41) is 1.46. The number of carbonyl (C=O) groups excluding carboxylic acids is 3. The molecule has 0 saturated carbocycles. The molecule has 0 bridgehead atoms. The molecule has 2 aromatic heterocycles. The van der Waals surface area contributed by atoms with Crippen molar-refractivity contribution in [2.45, 2.75) is 18.6 Å². The van der Waals surface area contributed by atoms with Crippen molar-refractivity contribution in [2.75, 3.05) is 7.11 Å². The molecule has 0 aliphatic heterocycles. The average Bonchev–Trinajstić information content (AvgIpc) is 2.96. The number of aromatic nitrogens is 2. The predicted molar refractivity (Wildman–Crippen MR) is 89.5 cm³/mol. The summed E-state index contributed by atoms with van der Waals surface area (Å²) in [5.41, 5.74) is 0.419. The summed E-state index contributed by atoms with van der Waals surface area (Å²) >= 11 is 6.51. The second kappa shape index (κ2) is 7.74. The molecule has 26 heavy (non-hydrogen) atoms. The van der Waals surface area contributed by atoms with E-state index in [2.05, 4.69) is 41.6 Å². The van der Waals surface area contributed by atoms with Crippen molar-refractivity contribution in [1.29, 1.82) is 0 Å². The van der Waals surface area contributed by atoms with E-state index < -0.39 is 36.3 Å². The lowest BCUT2D eigenvalue weighted by Crippen LogP contribution is -2.48. The van der Waals surface area contributed by atoms with E-state index in [1.54, 1.807) is 6.07 Å². The molecule has 0 saturated heterocycles. The smallest absolute Gasteiger partial charge is 0.467 e. The van der Waals surface area contributed by atoms with Gasteiger partial charge in [-0.2, -0.15) is 13.2 Å². The summed E-state index contributed by atoms with van der Waals surface area (Å²) < 4.78 is 44.2. The number of amides is 1. The van der Waals surface area contributed by atoms with E-state index in [0.29, 0.717) is 14.6 Å². The Labute approximate surface area is 161 Å². The summed E-state index contributed by atoms with van der Waals surface area (Å²) in [6, 6.07) is -0.0972. The molecule has 2 rings (SSSR count). The number of nitrogens with zero attached hydrogens (tertiary/aromatic N) is 2. The second-order valence-electron chi connectivity index (χ2n) is 5.02. The zero-order valence-corrected chi connectivity index (χ0v) is 16.1. The predicted octanol–water partition coefficient (Wildman–Crippen LogP) is 2.65. The first-order valence-corrected chi connectivity index (χ1v) is 8.44. The van der Waals surface area contributed by atoms with Gasteiger partial charge in [-0.3, -0.25) is 14.0 Å². The van der Waals surface area contributed by atoms with Crippen molar-refractivity contribution < 1.29 is 32.3 Å². The molecule has 12 heteroatoms. The molecule has 7 nitrogen and oxygen atoms in total. The van der Waals surface area contributed by atoms with Crippen LogP contribution in [0.25, 0.3) is 5.65 Å². The molecular formula is C14H10Br2F3N3O4. The van der Waals surface area contributed by atoms with E-state index >= 15 is 0 Å². The Balaban J connectivity index is 2.30. The van der Waals surface area contributed by atoms with Gasteiger partial charge in [-0.05, 0) is 37.9 Å². The Kier molecular flexibility index (Phi) is 6.06. The van der Waals surface area contributed by atoms with Crippen LogP contribution in [-0.4, -0.2) is 46.4 Å². The van der Waals surface area contributed by atoms with E-state index in [-0.39, 0.29) is 5.69 Å². The minimum absolute atomic E-state index is 0.0251. The first kappa shape index (κ1) is 20.4. The lowest BCUT2D eigenvalue weighted by atomic mass is 10.1. The SMILES string of the molecule is COC(=O)C(CC(=O)c1cnc2c(Br)cc(Br)cn12)NC(=O)C(F)(F)F. The number of hydrogen-bond donors (Lipinski definition) is 1. The van der Waals surface area contributed by atoms with Gasteiger partial charge in [0.1, 0.15) is 11.7 Å². The molecule has 0 radical (unpaired) electrons. The van der Waals surface area contributed by atoms with Crippen molar-refractivity contribution in [3.63, 3.8) is 0 Å². The molecule has 0 aliphatic rings. The Bertz CT molecular complexity index is 882. The van der Waals surface area contributed by atoms with Crippen LogP contribution in [0.15, 0.2) is 27.4 Å². The molecule has 1 N–H and O–H groups in total. The molecule has 0 spiro atoms. The van der Waals surface area contributed by atoms with E-state index in [9.17, 15) is 27.6 Å². The van der Waals surface area contributed by atoms with Gasteiger partial charge < -0.3 is 10.1 Å². The van der Waals surface area contributed by atoms with Crippen LogP contribution in [0.5, 0.6) is 0 Å². The van der Waals surface area contributed by atoms with Gasteiger partial charge in [0.15, 0.2) is 11.4 Å². The van der Waals surface area contributed by atoms with Crippen molar-refractivity contribution in [1.82, 2.24) is 14.7 Å². The molecular weight excluding hydrogens is 491 g/mol. The molecule has 2 aromatic rings. The lowest BCUT2D eigenvalue weighted by molar-refractivity contribution is -0.175. The molecule has 1 atom stereocenters. The van der Waals surface area contributed by atoms with Gasteiger partial charge in [-0.1, -0.05) is 0 Å². The summed E-state index contributed by atoms with van der Waals surface area (Å²) in [7, 11) is 0.933. The number of ketones is 1. The zero-order valence-electron chi connectivity index (χ0n) is 12.9. The number of pyridine rings is 1. The number of alkyl halides is 3. The van der Waals surface area contributed by atoms with Crippen molar-refractivity contribution in [2.24, 2.45) is 0 Å². The second-order valence-corrected chi connectivity index (χ2v) is 6.79. The largest absolute Gasteiger partial charge is 0.471 e. The number of carbonyl (C=O) groups is 3. The first-order chi connectivity index (χ1) is 12.0. The van der Waals surface area contributed by atoms with Crippen LogP contribution in [0, 0.1) is 0 Å². The number of methoxy groups -OCH3 is 1. The number of imidazole rings is 1. The maximum absolute atomic E-state index is 12.5. The summed E-state index contributed by atoms with van der Waals surface area (Å²) in [4.78, 5) is 39.3. The molecule has 0 aliphatic carbocycles.